The van der Waals surface area contributed by atoms with Gasteiger partial charge in [-0.1, -0.05) is 49.4 Å². The lowest BCUT2D eigenvalue weighted by atomic mass is 9.78. The molecule has 2 unspecified atom stereocenters. The van der Waals surface area contributed by atoms with Gasteiger partial charge >= 0.3 is 0 Å². The first-order valence-electron chi connectivity index (χ1n) is 12.4. The predicted octanol–water partition coefficient (Wildman–Crippen LogP) is 3.62. The molecule has 2 atom stereocenters. The summed E-state index contributed by atoms with van der Waals surface area (Å²) in [5, 5.41) is 0. The van der Waals surface area contributed by atoms with Crippen molar-refractivity contribution in [1.29, 1.82) is 0 Å². The molecule has 3 heterocycles. The van der Waals surface area contributed by atoms with Crippen LogP contribution in [0.4, 0.5) is 0 Å². The average molecular weight is 459 g/mol. The Kier molecular flexibility index (Phi) is 6.17. The minimum Gasteiger partial charge on any atom is -0.353 e. The van der Waals surface area contributed by atoms with Crippen LogP contribution < -0.4 is 0 Å². The standard InChI is InChI=1S/C28H34N4O2/c1-4-31-15-17-32(18-16-31)28(34)25-21-12-9-10-13-22(21)27(33)30(3)26(25)23-19-29(2)24-14-8-6-5-7-11-20(23)24/h6-13,19,25-26H,4-5,14-18H2,1-3H3/b8-6-,11-7?. The highest BCUT2D eigenvalue weighted by Gasteiger charge is 2.45. The molecule has 1 saturated heterocycles. The molecule has 0 bridgehead atoms. The number of allylic oxidation sites excluding steroid dienone is 3. The second-order valence-electron chi connectivity index (χ2n) is 9.55. The molecule has 5 rings (SSSR count). The monoisotopic (exact) mass is 458 g/mol. The zero-order valence-corrected chi connectivity index (χ0v) is 20.4. The Hall–Kier alpha value is -3.12. The zero-order chi connectivity index (χ0) is 23.8. The van der Waals surface area contributed by atoms with Crippen LogP contribution in [0.15, 0.2) is 48.7 Å². The van der Waals surface area contributed by atoms with Gasteiger partial charge in [-0.15, -0.1) is 0 Å². The van der Waals surface area contributed by atoms with E-state index in [1.807, 2.05) is 36.2 Å². The topological polar surface area (TPSA) is 48.8 Å². The van der Waals surface area contributed by atoms with Crippen molar-refractivity contribution < 1.29 is 9.59 Å². The first-order valence-corrected chi connectivity index (χ1v) is 12.4. The van der Waals surface area contributed by atoms with Crippen LogP contribution in [0.5, 0.6) is 0 Å². The summed E-state index contributed by atoms with van der Waals surface area (Å²) in [6, 6.07) is 7.33. The minimum absolute atomic E-state index is 0.0206. The van der Waals surface area contributed by atoms with E-state index in [1.54, 1.807) is 4.90 Å². The Labute approximate surface area is 202 Å². The van der Waals surface area contributed by atoms with E-state index in [0.29, 0.717) is 5.56 Å². The Balaban J connectivity index is 1.62. The van der Waals surface area contributed by atoms with Crippen molar-refractivity contribution in [1.82, 2.24) is 19.3 Å². The SMILES string of the molecule is CCN1CCN(C(=O)C2c3ccccc3C(=O)N(C)C2c2cn(C)c3c2C=CC/C=C\C3)CC1. The molecule has 1 fully saturated rings. The molecule has 2 aromatic rings. The molecule has 0 N–H and O–H groups in total. The molecule has 34 heavy (non-hydrogen) atoms. The van der Waals surface area contributed by atoms with Crippen molar-refractivity contribution in [2.45, 2.75) is 31.7 Å². The number of rotatable bonds is 3. The molecule has 0 spiro atoms. The second kappa shape index (κ2) is 9.26. The number of likely N-dealkylation sites (N-methyl/N-ethyl adjacent to an activating group) is 2. The molecule has 178 valence electrons. The predicted molar refractivity (Wildman–Crippen MR) is 135 cm³/mol. The van der Waals surface area contributed by atoms with Gasteiger partial charge in [0, 0.05) is 75.3 Å². The Bertz CT molecular complexity index is 1150. The van der Waals surface area contributed by atoms with E-state index in [1.165, 1.54) is 5.69 Å². The van der Waals surface area contributed by atoms with Gasteiger partial charge in [0.25, 0.3) is 5.91 Å². The molecular formula is C28H34N4O2. The number of hydrogen-bond acceptors (Lipinski definition) is 3. The van der Waals surface area contributed by atoms with Gasteiger partial charge in [-0.3, -0.25) is 9.59 Å². The molecule has 1 aliphatic carbocycles. The molecule has 0 radical (unpaired) electrons. The number of nitrogens with zero attached hydrogens (tertiary/aromatic N) is 4. The highest BCUT2D eigenvalue weighted by atomic mass is 16.2. The highest BCUT2D eigenvalue weighted by Crippen LogP contribution is 2.45. The maximum absolute atomic E-state index is 14.2. The van der Waals surface area contributed by atoms with Crippen LogP contribution in [-0.2, 0) is 18.3 Å². The quantitative estimate of drug-likeness (QED) is 0.660. The smallest absolute Gasteiger partial charge is 0.254 e. The lowest BCUT2D eigenvalue weighted by molar-refractivity contribution is -0.136. The molecule has 1 aromatic heterocycles. The maximum Gasteiger partial charge on any atom is 0.254 e. The van der Waals surface area contributed by atoms with E-state index in [4.69, 9.17) is 0 Å². The Morgan fingerprint density at radius 1 is 1.00 bits per heavy atom. The van der Waals surface area contributed by atoms with Crippen molar-refractivity contribution in [3.8, 4) is 0 Å². The van der Waals surface area contributed by atoms with E-state index in [0.717, 1.165) is 62.3 Å². The van der Waals surface area contributed by atoms with Crippen LogP contribution in [0.1, 0.15) is 58.0 Å². The van der Waals surface area contributed by atoms with Crippen molar-refractivity contribution in [2.75, 3.05) is 39.8 Å². The number of carbonyl (C=O) groups is 2. The van der Waals surface area contributed by atoms with E-state index in [2.05, 4.69) is 53.9 Å². The first-order chi connectivity index (χ1) is 16.5. The fourth-order valence-corrected chi connectivity index (χ4v) is 5.76. The number of hydrogen-bond donors (Lipinski definition) is 0. The van der Waals surface area contributed by atoms with E-state index >= 15 is 0 Å². The first kappa shape index (κ1) is 22.7. The van der Waals surface area contributed by atoms with Crippen molar-refractivity contribution in [3.63, 3.8) is 0 Å². The van der Waals surface area contributed by atoms with Gasteiger partial charge in [-0.2, -0.15) is 0 Å². The van der Waals surface area contributed by atoms with E-state index < -0.39 is 5.92 Å². The lowest BCUT2D eigenvalue weighted by Gasteiger charge is -2.43. The molecule has 6 heteroatoms. The molecule has 2 aliphatic heterocycles. The van der Waals surface area contributed by atoms with Crippen LogP contribution in [-0.4, -0.2) is 70.9 Å². The Morgan fingerprint density at radius 3 is 2.53 bits per heavy atom. The third-order valence-electron chi connectivity index (χ3n) is 7.71. The van der Waals surface area contributed by atoms with Gasteiger partial charge in [0.2, 0.25) is 5.91 Å². The van der Waals surface area contributed by atoms with Gasteiger partial charge in [-0.25, -0.2) is 0 Å². The molecule has 3 aliphatic rings. The summed E-state index contributed by atoms with van der Waals surface area (Å²) in [5.74, 6) is -0.319. The number of aryl methyl sites for hydroxylation is 1. The minimum atomic E-state index is -0.423. The summed E-state index contributed by atoms with van der Waals surface area (Å²) in [6.45, 7) is 6.42. The van der Waals surface area contributed by atoms with Crippen molar-refractivity contribution >= 4 is 17.9 Å². The van der Waals surface area contributed by atoms with Crippen molar-refractivity contribution in [2.24, 2.45) is 7.05 Å². The highest BCUT2D eigenvalue weighted by molar-refractivity contribution is 6.01. The van der Waals surface area contributed by atoms with E-state index in [-0.39, 0.29) is 17.9 Å². The molecule has 1 aromatic carbocycles. The fraction of sp³-hybridized carbons (Fsp3) is 0.429. The number of aromatic nitrogens is 1. The maximum atomic E-state index is 14.2. The number of carbonyl (C=O) groups excluding carboxylic acids is 2. The van der Waals surface area contributed by atoms with Crippen LogP contribution >= 0.6 is 0 Å². The molecular weight excluding hydrogens is 424 g/mol. The van der Waals surface area contributed by atoms with Gasteiger partial charge in [-0.05, 0) is 24.6 Å². The fourth-order valence-electron chi connectivity index (χ4n) is 5.76. The number of piperazine rings is 1. The number of benzene rings is 1. The average Bonchev–Trinajstić information content (AvgIpc) is 3.14. The normalized spacial score (nSPS) is 23.8. The van der Waals surface area contributed by atoms with Crippen LogP contribution in [0.3, 0.4) is 0 Å². The second-order valence-corrected chi connectivity index (χ2v) is 9.55. The van der Waals surface area contributed by atoms with Crippen LogP contribution in [0.2, 0.25) is 0 Å². The number of fused-ring (bicyclic) bond motifs is 2. The third-order valence-corrected chi connectivity index (χ3v) is 7.71. The summed E-state index contributed by atoms with van der Waals surface area (Å²) in [4.78, 5) is 33.8. The molecule has 6 nitrogen and oxygen atoms in total. The van der Waals surface area contributed by atoms with Crippen molar-refractivity contribution in [3.05, 3.63) is 76.6 Å². The summed E-state index contributed by atoms with van der Waals surface area (Å²) < 4.78 is 2.16. The lowest BCUT2D eigenvalue weighted by Crippen LogP contribution is -2.52. The summed E-state index contributed by atoms with van der Waals surface area (Å²) in [7, 11) is 3.91. The zero-order valence-electron chi connectivity index (χ0n) is 20.4. The Morgan fingerprint density at radius 2 is 1.76 bits per heavy atom. The molecule has 0 saturated carbocycles. The van der Waals surface area contributed by atoms with Crippen LogP contribution in [0.25, 0.3) is 6.08 Å². The largest absolute Gasteiger partial charge is 0.353 e. The summed E-state index contributed by atoms with van der Waals surface area (Å²) in [5.41, 5.74) is 4.91. The van der Waals surface area contributed by atoms with Gasteiger partial charge < -0.3 is 19.3 Å². The van der Waals surface area contributed by atoms with Crippen LogP contribution in [0, 0.1) is 0 Å². The molecule has 2 amide bonds. The third kappa shape index (κ3) is 3.80. The van der Waals surface area contributed by atoms with Gasteiger partial charge in [0.15, 0.2) is 0 Å². The van der Waals surface area contributed by atoms with Gasteiger partial charge in [0.1, 0.15) is 0 Å². The summed E-state index contributed by atoms with van der Waals surface area (Å²) >= 11 is 0. The summed E-state index contributed by atoms with van der Waals surface area (Å²) in [6.07, 6.45) is 12.6. The van der Waals surface area contributed by atoms with Gasteiger partial charge in [0.05, 0.1) is 12.0 Å². The number of amides is 2. The van der Waals surface area contributed by atoms with E-state index in [9.17, 15) is 9.59 Å².